The number of hydrogen-bond donors (Lipinski definition) is 0. The maximum atomic E-state index is 13.8. The Morgan fingerprint density at radius 2 is 2.11 bits per heavy atom. The molecule has 0 spiro atoms. The van der Waals surface area contributed by atoms with Crippen LogP contribution in [0.1, 0.15) is 16.1 Å². The first-order valence-corrected chi connectivity index (χ1v) is 6.48. The van der Waals surface area contributed by atoms with Gasteiger partial charge in [0.05, 0.1) is 22.3 Å². The number of halogens is 2. The Kier molecular flexibility index (Phi) is 4.27. The molecule has 0 N–H and O–H groups in total. The molecule has 0 bridgehead atoms. The Bertz CT molecular complexity index is 589. The van der Waals surface area contributed by atoms with E-state index in [-0.39, 0.29) is 15.9 Å². The zero-order valence-electron chi connectivity index (χ0n) is 10.3. The van der Waals surface area contributed by atoms with Crippen LogP contribution in [0.5, 0.6) is 0 Å². The second kappa shape index (κ2) is 5.93. The predicted molar refractivity (Wildman–Crippen MR) is 74.1 cm³/mol. The van der Waals surface area contributed by atoms with Gasteiger partial charge in [-0.3, -0.25) is 9.78 Å². The van der Waals surface area contributed by atoms with E-state index in [1.165, 1.54) is 11.0 Å². The van der Waals surface area contributed by atoms with Crippen LogP contribution in [0.15, 0.2) is 47.1 Å². The number of carbonyl (C=O) groups excluding carboxylic acids is 1. The standard InChI is InChI=1S/C14H12BrFN2O/c1-18(9-10-5-2-3-8-17-10)14(19)11-6-4-7-12(15)13(11)16/h2-8H,9H2,1H3. The summed E-state index contributed by atoms with van der Waals surface area (Å²) in [6, 6.07) is 10.1. The fourth-order valence-electron chi connectivity index (χ4n) is 1.68. The SMILES string of the molecule is CN(Cc1ccccn1)C(=O)c1cccc(Br)c1F. The number of pyridine rings is 1. The van der Waals surface area contributed by atoms with Crippen molar-refractivity contribution in [2.45, 2.75) is 6.54 Å². The van der Waals surface area contributed by atoms with Gasteiger partial charge in [0, 0.05) is 13.2 Å². The number of carbonyl (C=O) groups is 1. The van der Waals surface area contributed by atoms with Crippen molar-refractivity contribution < 1.29 is 9.18 Å². The highest BCUT2D eigenvalue weighted by Crippen LogP contribution is 2.20. The number of amides is 1. The van der Waals surface area contributed by atoms with Gasteiger partial charge >= 0.3 is 0 Å². The molecule has 3 nitrogen and oxygen atoms in total. The largest absolute Gasteiger partial charge is 0.336 e. The molecule has 0 fully saturated rings. The molecule has 1 aromatic heterocycles. The molecule has 0 radical (unpaired) electrons. The summed E-state index contributed by atoms with van der Waals surface area (Å²) in [4.78, 5) is 17.7. The van der Waals surface area contributed by atoms with Crippen molar-refractivity contribution in [3.8, 4) is 0 Å². The first kappa shape index (κ1) is 13.7. The minimum Gasteiger partial charge on any atom is -0.336 e. The van der Waals surface area contributed by atoms with Crippen LogP contribution >= 0.6 is 15.9 Å². The Hall–Kier alpha value is -1.75. The molecule has 2 aromatic rings. The summed E-state index contributed by atoms with van der Waals surface area (Å²) in [5.74, 6) is -0.912. The molecule has 0 aliphatic carbocycles. The third-order valence-electron chi connectivity index (χ3n) is 2.65. The summed E-state index contributed by atoms with van der Waals surface area (Å²) in [5, 5.41) is 0. The van der Waals surface area contributed by atoms with Gasteiger partial charge in [0.15, 0.2) is 0 Å². The topological polar surface area (TPSA) is 33.2 Å². The Morgan fingerprint density at radius 1 is 1.32 bits per heavy atom. The van der Waals surface area contributed by atoms with E-state index in [1.54, 1.807) is 31.4 Å². The number of hydrogen-bond acceptors (Lipinski definition) is 2. The Labute approximate surface area is 119 Å². The van der Waals surface area contributed by atoms with Crippen LogP contribution in [0.3, 0.4) is 0 Å². The number of aromatic nitrogens is 1. The van der Waals surface area contributed by atoms with Crippen LogP contribution in [0.4, 0.5) is 4.39 Å². The molecule has 98 valence electrons. The molecule has 5 heteroatoms. The van der Waals surface area contributed by atoms with Crippen LogP contribution in [0.2, 0.25) is 0 Å². The van der Waals surface area contributed by atoms with Gasteiger partial charge < -0.3 is 4.90 Å². The second-order valence-electron chi connectivity index (χ2n) is 4.08. The molecule has 0 aliphatic heterocycles. The van der Waals surface area contributed by atoms with Crippen molar-refractivity contribution in [2.75, 3.05) is 7.05 Å². The summed E-state index contributed by atoms with van der Waals surface area (Å²) in [7, 11) is 1.62. The maximum absolute atomic E-state index is 13.8. The fraction of sp³-hybridized carbons (Fsp3) is 0.143. The van der Waals surface area contributed by atoms with E-state index in [0.717, 1.165) is 5.69 Å². The second-order valence-corrected chi connectivity index (χ2v) is 4.94. The van der Waals surface area contributed by atoms with E-state index in [4.69, 9.17) is 0 Å². The van der Waals surface area contributed by atoms with Crippen molar-refractivity contribution in [3.63, 3.8) is 0 Å². The normalized spacial score (nSPS) is 10.3. The molecular weight excluding hydrogens is 311 g/mol. The minimum atomic E-state index is -0.541. The third kappa shape index (κ3) is 3.17. The summed E-state index contributed by atoms with van der Waals surface area (Å²) in [5.41, 5.74) is 0.807. The molecule has 2 rings (SSSR count). The monoisotopic (exact) mass is 322 g/mol. The van der Waals surface area contributed by atoms with Gasteiger partial charge in [0.1, 0.15) is 5.82 Å². The summed E-state index contributed by atoms with van der Waals surface area (Å²) in [6.07, 6.45) is 1.66. The zero-order chi connectivity index (χ0) is 13.8. The van der Waals surface area contributed by atoms with Gasteiger partial charge in [-0.05, 0) is 40.2 Å². The number of rotatable bonds is 3. The van der Waals surface area contributed by atoms with E-state index in [9.17, 15) is 9.18 Å². The van der Waals surface area contributed by atoms with E-state index in [1.807, 2.05) is 12.1 Å². The van der Waals surface area contributed by atoms with Crippen molar-refractivity contribution in [2.24, 2.45) is 0 Å². The average Bonchev–Trinajstić information content (AvgIpc) is 2.42. The summed E-state index contributed by atoms with van der Waals surface area (Å²) in [6.45, 7) is 0.339. The van der Waals surface area contributed by atoms with Crippen molar-refractivity contribution in [1.82, 2.24) is 9.88 Å². The van der Waals surface area contributed by atoms with Crippen LogP contribution in [-0.2, 0) is 6.54 Å². The first-order valence-electron chi connectivity index (χ1n) is 5.69. The molecule has 0 saturated carbocycles. The number of nitrogens with zero attached hydrogens (tertiary/aromatic N) is 2. The molecule has 1 heterocycles. The summed E-state index contributed by atoms with van der Waals surface area (Å²) < 4.78 is 14.1. The highest BCUT2D eigenvalue weighted by atomic mass is 79.9. The maximum Gasteiger partial charge on any atom is 0.256 e. The van der Waals surface area contributed by atoms with E-state index in [0.29, 0.717) is 6.54 Å². The Balaban J connectivity index is 2.18. The predicted octanol–water partition coefficient (Wildman–Crippen LogP) is 3.26. The van der Waals surface area contributed by atoms with Crippen LogP contribution in [0, 0.1) is 5.82 Å². The van der Waals surface area contributed by atoms with Gasteiger partial charge in [0.2, 0.25) is 0 Å². The van der Waals surface area contributed by atoms with Crippen molar-refractivity contribution in [3.05, 3.63) is 64.1 Å². The highest BCUT2D eigenvalue weighted by molar-refractivity contribution is 9.10. The molecule has 1 amide bonds. The number of benzene rings is 1. The molecule has 19 heavy (non-hydrogen) atoms. The molecular formula is C14H12BrFN2O. The van der Waals surface area contributed by atoms with Gasteiger partial charge in [0.25, 0.3) is 5.91 Å². The van der Waals surface area contributed by atoms with Crippen molar-refractivity contribution in [1.29, 1.82) is 0 Å². The molecule has 0 atom stereocenters. The van der Waals surface area contributed by atoms with E-state index in [2.05, 4.69) is 20.9 Å². The third-order valence-corrected chi connectivity index (χ3v) is 3.27. The lowest BCUT2D eigenvalue weighted by Crippen LogP contribution is -2.27. The molecule has 0 unspecified atom stereocenters. The molecule has 0 aliphatic rings. The lowest BCUT2D eigenvalue weighted by Gasteiger charge is -2.17. The van der Waals surface area contributed by atoms with Crippen LogP contribution < -0.4 is 0 Å². The van der Waals surface area contributed by atoms with E-state index < -0.39 is 5.82 Å². The first-order chi connectivity index (χ1) is 9.09. The molecule has 1 aromatic carbocycles. The zero-order valence-corrected chi connectivity index (χ0v) is 11.9. The minimum absolute atomic E-state index is 0.0489. The van der Waals surface area contributed by atoms with Crippen LogP contribution in [0.25, 0.3) is 0 Å². The van der Waals surface area contributed by atoms with Gasteiger partial charge in [-0.2, -0.15) is 0 Å². The van der Waals surface area contributed by atoms with Gasteiger partial charge in [-0.15, -0.1) is 0 Å². The quantitative estimate of drug-likeness (QED) is 0.869. The average molecular weight is 323 g/mol. The smallest absolute Gasteiger partial charge is 0.256 e. The Morgan fingerprint density at radius 3 is 2.79 bits per heavy atom. The lowest BCUT2D eigenvalue weighted by atomic mass is 10.2. The van der Waals surface area contributed by atoms with Crippen molar-refractivity contribution >= 4 is 21.8 Å². The fourth-order valence-corrected chi connectivity index (χ4v) is 2.05. The molecule has 0 saturated heterocycles. The highest BCUT2D eigenvalue weighted by Gasteiger charge is 2.18. The van der Waals surface area contributed by atoms with Gasteiger partial charge in [-0.1, -0.05) is 12.1 Å². The van der Waals surface area contributed by atoms with Gasteiger partial charge in [-0.25, -0.2) is 4.39 Å². The van der Waals surface area contributed by atoms with E-state index >= 15 is 0 Å². The van der Waals surface area contributed by atoms with Crippen LogP contribution in [-0.4, -0.2) is 22.8 Å². The summed E-state index contributed by atoms with van der Waals surface area (Å²) >= 11 is 3.07. The lowest BCUT2D eigenvalue weighted by molar-refractivity contribution is 0.0778.